The normalized spacial score (nSPS) is 17.9. The third-order valence-corrected chi connectivity index (χ3v) is 3.70. The minimum atomic E-state index is -0.0507. The Labute approximate surface area is 133 Å². The predicted molar refractivity (Wildman–Crippen MR) is 88.9 cm³/mol. The quantitative estimate of drug-likeness (QED) is 0.855. The van der Waals surface area contributed by atoms with Crippen LogP contribution in [0.25, 0.3) is 0 Å². The zero-order valence-electron chi connectivity index (χ0n) is 14.2. The van der Waals surface area contributed by atoms with Gasteiger partial charge in [-0.25, -0.2) is 0 Å². The standard InChI is InChI=1S/C18H26N2O2/c1-13-6-8-14(9-7-13)16-10-15(22-19-16)12-20(5)17(21)11-18(2,3)4/h6-9,15H,10-12H2,1-5H3/t15-/m1/s1. The average molecular weight is 302 g/mol. The van der Waals surface area contributed by atoms with Crippen LogP contribution in [0, 0.1) is 12.3 Å². The molecule has 0 saturated carbocycles. The van der Waals surface area contributed by atoms with Crippen LogP contribution in [0.2, 0.25) is 0 Å². The van der Waals surface area contributed by atoms with Crippen LogP contribution in [0.1, 0.15) is 44.7 Å². The third-order valence-electron chi connectivity index (χ3n) is 3.70. The van der Waals surface area contributed by atoms with Crippen molar-refractivity contribution in [2.24, 2.45) is 10.6 Å². The molecule has 1 aromatic rings. The van der Waals surface area contributed by atoms with Crippen LogP contribution >= 0.6 is 0 Å². The summed E-state index contributed by atoms with van der Waals surface area (Å²) >= 11 is 0. The molecule has 0 radical (unpaired) electrons. The van der Waals surface area contributed by atoms with Crippen molar-refractivity contribution in [3.63, 3.8) is 0 Å². The molecule has 0 aliphatic carbocycles. The number of carbonyl (C=O) groups is 1. The second kappa shape index (κ2) is 6.51. The maximum Gasteiger partial charge on any atom is 0.222 e. The summed E-state index contributed by atoms with van der Waals surface area (Å²) in [4.78, 5) is 19.4. The minimum absolute atomic E-state index is 0.00539. The number of benzene rings is 1. The van der Waals surface area contributed by atoms with E-state index in [9.17, 15) is 4.79 Å². The van der Waals surface area contributed by atoms with Gasteiger partial charge in [0.25, 0.3) is 0 Å². The lowest BCUT2D eigenvalue weighted by Crippen LogP contribution is -2.36. The van der Waals surface area contributed by atoms with Crippen molar-refractivity contribution in [1.29, 1.82) is 0 Å². The van der Waals surface area contributed by atoms with Crippen molar-refractivity contribution < 1.29 is 9.63 Å². The summed E-state index contributed by atoms with van der Waals surface area (Å²) in [7, 11) is 1.83. The number of hydrogen-bond donors (Lipinski definition) is 0. The topological polar surface area (TPSA) is 41.9 Å². The van der Waals surface area contributed by atoms with Crippen molar-refractivity contribution in [3.8, 4) is 0 Å². The molecule has 1 amide bonds. The maximum atomic E-state index is 12.2. The molecule has 120 valence electrons. The molecule has 1 aromatic carbocycles. The van der Waals surface area contributed by atoms with Crippen LogP contribution in [0.4, 0.5) is 0 Å². The number of amides is 1. The fourth-order valence-corrected chi connectivity index (χ4v) is 2.44. The molecule has 1 aliphatic rings. The van der Waals surface area contributed by atoms with Crippen LogP contribution in [0.3, 0.4) is 0 Å². The Morgan fingerprint density at radius 3 is 2.55 bits per heavy atom. The molecule has 0 bridgehead atoms. The lowest BCUT2D eigenvalue weighted by molar-refractivity contribution is -0.133. The zero-order chi connectivity index (χ0) is 16.3. The fourth-order valence-electron chi connectivity index (χ4n) is 2.44. The highest BCUT2D eigenvalue weighted by atomic mass is 16.6. The van der Waals surface area contributed by atoms with Crippen LogP contribution in [-0.2, 0) is 9.63 Å². The van der Waals surface area contributed by atoms with Crippen molar-refractivity contribution in [3.05, 3.63) is 35.4 Å². The van der Waals surface area contributed by atoms with E-state index in [1.54, 1.807) is 4.90 Å². The Kier molecular flexibility index (Phi) is 4.89. The van der Waals surface area contributed by atoms with Crippen LogP contribution in [0.5, 0.6) is 0 Å². The highest BCUT2D eigenvalue weighted by Gasteiger charge is 2.26. The number of nitrogens with zero attached hydrogens (tertiary/aromatic N) is 2. The van der Waals surface area contributed by atoms with Gasteiger partial charge in [0.2, 0.25) is 5.91 Å². The van der Waals surface area contributed by atoms with Gasteiger partial charge in [-0.3, -0.25) is 4.79 Å². The Balaban J connectivity index is 1.87. The summed E-state index contributed by atoms with van der Waals surface area (Å²) in [5.74, 6) is 0.153. The van der Waals surface area contributed by atoms with E-state index in [2.05, 4.69) is 57.1 Å². The van der Waals surface area contributed by atoms with E-state index in [-0.39, 0.29) is 17.4 Å². The molecule has 4 heteroatoms. The van der Waals surface area contributed by atoms with Gasteiger partial charge in [0.15, 0.2) is 6.10 Å². The van der Waals surface area contributed by atoms with Crippen LogP contribution in [-0.4, -0.2) is 36.2 Å². The fraction of sp³-hybridized carbons (Fsp3) is 0.556. The average Bonchev–Trinajstić information content (AvgIpc) is 2.86. The summed E-state index contributed by atoms with van der Waals surface area (Å²) < 4.78 is 0. The first-order valence-corrected chi connectivity index (χ1v) is 7.78. The zero-order valence-corrected chi connectivity index (χ0v) is 14.2. The molecule has 0 unspecified atom stereocenters. The molecule has 0 N–H and O–H groups in total. The summed E-state index contributed by atoms with van der Waals surface area (Å²) in [6.45, 7) is 8.86. The Morgan fingerprint density at radius 2 is 1.95 bits per heavy atom. The largest absolute Gasteiger partial charge is 0.390 e. The van der Waals surface area contributed by atoms with E-state index >= 15 is 0 Å². The summed E-state index contributed by atoms with van der Waals surface area (Å²) in [5.41, 5.74) is 3.29. The Morgan fingerprint density at radius 1 is 1.32 bits per heavy atom. The van der Waals surface area contributed by atoms with E-state index in [0.29, 0.717) is 13.0 Å². The highest BCUT2D eigenvalue weighted by Crippen LogP contribution is 2.21. The Hall–Kier alpha value is -1.84. The van der Waals surface area contributed by atoms with Crippen LogP contribution in [0.15, 0.2) is 29.4 Å². The molecule has 0 aromatic heterocycles. The van der Waals surface area contributed by atoms with Gasteiger partial charge in [0, 0.05) is 19.9 Å². The van der Waals surface area contributed by atoms with E-state index < -0.39 is 0 Å². The number of oxime groups is 1. The molecular weight excluding hydrogens is 276 g/mol. The maximum absolute atomic E-state index is 12.2. The number of rotatable bonds is 4. The van der Waals surface area contributed by atoms with Gasteiger partial charge in [-0.15, -0.1) is 0 Å². The first kappa shape index (κ1) is 16.5. The van der Waals surface area contributed by atoms with Crippen molar-refractivity contribution in [2.75, 3.05) is 13.6 Å². The van der Waals surface area contributed by atoms with Gasteiger partial charge in [0.05, 0.1) is 12.3 Å². The number of aryl methyl sites for hydroxylation is 1. The third kappa shape index (κ3) is 4.58. The number of likely N-dealkylation sites (N-methyl/N-ethyl adjacent to an activating group) is 1. The molecule has 2 rings (SSSR count). The van der Waals surface area contributed by atoms with Crippen LogP contribution < -0.4 is 0 Å². The predicted octanol–water partition coefficient (Wildman–Crippen LogP) is 3.38. The molecule has 4 nitrogen and oxygen atoms in total. The van der Waals surface area contributed by atoms with Crippen molar-refractivity contribution >= 4 is 11.6 Å². The van der Waals surface area contributed by atoms with Gasteiger partial charge in [0.1, 0.15) is 0 Å². The summed E-state index contributed by atoms with van der Waals surface area (Å²) in [5, 5.41) is 4.18. The first-order chi connectivity index (χ1) is 10.2. The second-order valence-corrected chi connectivity index (χ2v) is 7.35. The lowest BCUT2D eigenvalue weighted by atomic mass is 9.91. The summed E-state index contributed by atoms with van der Waals surface area (Å²) in [6, 6.07) is 8.27. The molecule has 0 fully saturated rings. The second-order valence-electron chi connectivity index (χ2n) is 7.35. The minimum Gasteiger partial charge on any atom is -0.390 e. The number of hydrogen-bond acceptors (Lipinski definition) is 3. The Bertz CT molecular complexity index is 555. The van der Waals surface area contributed by atoms with Gasteiger partial charge < -0.3 is 9.74 Å². The van der Waals surface area contributed by atoms with E-state index in [1.165, 1.54) is 5.56 Å². The van der Waals surface area contributed by atoms with E-state index in [1.807, 2.05) is 7.05 Å². The molecule has 1 aliphatic heterocycles. The van der Waals surface area contributed by atoms with Crippen molar-refractivity contribution in [2.45, 2.75) is 46.6 Å². The van der Waals surface area contributed by atoms with Gasteiger partial charge in [-0.1, -0.05) is 55.8 Å². The van der Waals surface area contributed by atoms with E-state index in [4.69, 9.17) is 4.84 Å². The SMILES string of the molecule is Cc1ccc(C2=NO[C@@H](CN(C)C(=O)CC(C)(C)C)C2)cc1. The van der Waals surface area contributed by atoms with Gasteiger partial charge >= 0.3 is 0 Å². The number of carbonyl (C=O) groups excluding carboxylic acids is 1. The van der Waals surface area contributed by atoms with Crippen molar-refractivity contribution in [1.82, 2.24) is 4.90 Å². The molecule has 0 spiro atoms. The highest BCUT2D eigenvalue weighted by molar-refractivity contribution is 6.01. The van der Waals surface area contributed by atoms with Gasteiger partial charge in [-0.2, -0.15) is 0 Å². The van der Waals surface area contributed by atoms with E-state index in [0.717, 1.165) is 17.7 Å². The smallest absolute Gasteiger partial charge is 0.222 e. The molecule has 0 saturated heterocycles. The first-order valence-electron chi connectivity index (χ1n) is 7.78. The molecular formula is C18H26N2O2. The monoisotopic (exact) mass is 302 g/mol. The van der Waals surface area contributed by atoms with Gasteiger partial charge in [-0.05, 0) is 17.9 Å². The molecule has 22 heavy (non-hydrogen) atoms. The lowest BCUT2D eigenvalue weighted by Gasteiger charge is -2.24. The molecule has 1 atom stereocenters. The molecule has 1 heterocycles. The summed E-state index contributed by atoms with van der Waals surface area (Å²) in [6.07, 6.45) is 1.24.